The van der Waals surface area contributed by atoms with Crippen molar-refractivity contribution in [2.45, 2.75) is 31.4 Å². The third-order valence-electron chi connectivity index (χ3n) is 3.61. The van der Waals surface area contributed by atoms with E-state index in [1.54, 1.807) is 0 Å². The van der Waals surface area contributed by atoms with Crippen molar-refractivity contribution in [3.05, 3.63) is 29.3 Å². The molecule has 4 heteroatoms. The summed E-state index contributed by atoms with van der Waals surface area (Å²) in [6, 6.07) is 5.90. The lowest BCUT2D eigenvalue weighted by Crippen LogP contribution is -2.37. The number of nitrogens with one attached hydrogen (secondary N) is 2. The minimum absolute atomic E-state index is 0.0155. The number of aryl methyl sites for hydroxylation is 1. The van der Waals surface area contributed by atoms with Gasteiger partial charge in [-0.25, -0.2) is 0 Å². The topological polar surface area (TPSA) is 41.1 Å². The number of amides is 1. The molecule has 3 nitrogen and oxygen atoms in total. The smallest absolute Gasteiger partial charge is 0.253 e. The third kappa shape index (κ3) is 3.44. The van der Waals surface area contributed by atoms with Crippen LogP contribution in [0.25, 0.3) is 0 Å². The predicted molar refractivity (Wildman–Crippen MR) is 83.2 cm³/mol. The maximum atomic E-state index is 12.3. The van der Waals surface area contributed by atoms with E-state index in [1.165, 1.54) is 18.6 Å². The Kier molecular flexibility index (Phi) is 4.40. The molecular formula is C15H22N2OS. The van der Waals surface area contributed by atoms with Crippen LogP contribution in [0, 0.1) is 6.92 Å². The minimum atomic E-state index is 0.0155. The number of hydrogen-bond donors (Lipinski definition) is 2. The molecule has 1 amide bonds. The van der Waals surface area contributed by atoms with Crippen LogP contribution >= 0.6 is 11.8 Å². The van der Waals surface area contributed by atoms with Gasteiger partial charge >= 0.3 is 0 Å². The Hall–Kier alpha value is -1.16. The summed E-state index contributed by atoms with van der Waals surface area (Å²) in [7, 11) is 1.84. The van der Waals surface area contributed by atoms with Crippen LogP contribution in [0.1, 0.15) is 35.7 Å². The predicted octanol–water partition coefficient (Wildman–Crippen LogP) is 3.05. The number of thioether (sulfide) groups is 1. The van der Waals surface area contributed by atoms with Crippen LogP contribution < -0.4 is 10.6 Å². The highest BCUT2D eigenvalue weighted by atomic mass is 32.2. The SMILES string of the molecule is CNc1ccc(C)cc1C(=O)NCC1(C)CCCS1. The van der Waals surface area contributed by atoms with Gasteiger partial charge in [0.25, 0.3) is 5.91 Å². The van der Waals surface area contributed by atoms with E-state index in [2.05, 4.69) is 17.6 Å². The lowest BCUT2D eigenvalue weighted by molar-refractivity contribution is 0.0950. The summed E-state index contributed by atoms with van der Waals surface area (Å²) in [5, 5.41) is 6.16. The first kappa shape index (κ1) is 14.3. The Balaban J connectivity index is 2.05. The zero-order chi connectivity index (χ0) is 13.9. The van der Waals surface area contributed by atoms with Crippen LogP contribution in [0.2, 0.25) is 0 Å². The van der Waals surface area contributed by atoms with Gasteiger partial charge in [0.2, 0.25) is 0 Å². The van der Waals surface area contributed by atoms with E-state index in [-0.39, 0.29) is 10.7 Å². The standard InChI is InChI=1S/C15H22N2OS/c1-11-5-6-13(16-3)12(9-11)14(18)17-10-15(2)7-4-8-19-15/h5-6,9,16H,4,7-8,10H2,1-3H3,(H,17,18). The number of rotatable bonds is 4. The van der Waals surface area contributed by atoms with Crippen LogP contribution in [-0.4, -0.2) is 30.0 Å². The number of benzene rings is 1. The molecule has 1 atom stereocenters. The molecule has 1 aliphatic rings. The molecule has 1 fully saturated rings. The van der Waals surface area contributed by atoms with Crippen molar-refractivity contribution in [1.82, 2.24) is 5.32 Å². The van der Waals surface area contributed by atoms with E-state index in [1.807, 2.05) is 43.9 Å². The first-order chi connectivity index (χ1) is 9.04. The molecule has 104 valence electrons. The third-order valence-corrected chi connectivity index (χ3v) is 5.15. The van der Waals surface area contributed by atoms with Crippen LogP contribution in [-0.2, 0) is 0 Å². The van der Waals surface area contributed by atoms with Gasteiger partial charge in [-0.1, -0.05) is 11.6 Å². The summed E-state index contributed by atoms with van der Waals surface area (Å²) in [6.45, 7) is 4.98. The molecule has 1 aliphatic heterocycles. The Bertz CT molecular complexity index is 467. The second-order valence-electron chi connectivity index (χ2n) is 5.38. The van der Waals surface area contributed by atoms with Gasteiger partial charge in [-0.3, -0.25) is 4.79 Å². The van der Waals surface area contributed by atoms with Crippen molar-refractivity contribution in [3.63, 3.8) is 0 Å². The average Bonchev–Trinajstić information content (AvgIpc) is 2.83. The lowest BCUT2D eigenvalue weighted by Gasteiger charge is -2.23. The molecular weight excluding hydrogens is 256 g/mol. The van der Waals surface area contributed by atoms with E-state index in [0.717, 1.165) is 23.4 Å². The van der Waals surface area contributed by atoms with E-state index in [9.17, 15) is 4.79 Å². The van der Waals surface area contributed by atoms with Crippen molar-refractivity contribution in [1.29, 1.82) is 0 Å². The highest BCUT2D eigenvalue weighted by Gasteiger charge is 2.30. The summed E-state index contributed by atoms with van der Waals surface area (Å²) in [4.78, 5) is 12.3. The number of hydrogen-bond acceptors (Lipinski definition) is 3. The van der Waals surface area contributed by atoms with Crippen molar-refractivity contribution < 1.29 is 4.79 Å². The number of carbonyl (C=O) groups excluding carboxylic acids is 1. The first-order valence-electron chi connectivity index (χ1n) is 6.75. The van der Waals surface area contributed by atoms with Gasteiger partial charge in [-0.2, -0.15) is 11.8 Å². The monoisotopic (exact) mass is 278 g/mol. The Morgan fingerprint density at radius 1 is 1.47 bits per heavy atom. The molecule has 0 aromatic heterocycles. The summed E-state index contributed by atoms with van der Waals surface area (Å²) >= 11 is 1.96. The average molecular weight is 278 g/mol. The van der Waals surface area contributed by atoms with E-state index in [0.29, 0.717) is 0 Å². The van der Waals surface area contributed by atoms with Gasteiger partial charge in [-0.15, -0.1) is 0 Å². The largest absolute Gasteiger partial charge is 0.387 e. The molecule has 1 aromatic carbocycles. The molecule has 2 N–H and O–H groups in total. The molecule has 0 spiro atoms. The second-order valence-corrected chi connectivity index (χ2v) is 7.07. The van der Waals surface area contributed by atoms with Crippen molar-refractivity contribution in [2.75, 3.05) is 24.7 Å². The highest BCUT2D eigenvalue weighted by Crippen LogP contribution is 2.37. The van der Waals surface area contributed by atoms with Gasteiger partial charge in [0, 0.05) is 24.0 Å². The fourth-order valence-corrected chi connectivity index (χ4v) is 3.65. The van der Waals surface area contributed by atoms with Gasteiger partial charge in [0.15, 0.2) is 0 Å². The summed E-state index contributed by atoms with van der Waals surface area (Å²) in [6.07, 6.45) is 2.44. The van der Waals surface area contributed by atoms with Crippen LogP contribution in [0.15, 0.2) is 18.2 Å². The molecule has 1 aromatic rings. The lowest BCUT2D eigenvalue weighted by atomic mass is 10.0. The quantitative estimate of drug-likeness (QED) is 0.889. The van der Waals surface area contributed by atoms with E-state index in [4.69, 9.17) is 0 Å². The molecule has 1 unspecified atom stereocenters. The molecule has 0 bridgehead atoms. The van der Waals surface area contributed by atoms with Gasteiger partial charge in [0.1, 0.15) is 0 Å². The zero-order valence-electron chi connectivity index (χ0n) is 11.9. The van der Waals surface area contributed by atoms with Crippen LogP contribution in [0.4, 0.5) is 5.69 Å². The fraction of sp³-hybridized carbons (Fsp3) is 0.533. The molecule has 1 saturated heterocycles. The Labute approximate surface area is 119 Å². The molecule has 2 rings (SSSR count). The van der Waals surface area contributed by atoms with Crippen LogP contribution in [0.3, 0.4) is 0 Å². The maximum Gasteiger partial charge on any atom is 0.253 e. The van der Waals surface area contributed by atoms with Crippen molar-refractivity contribution >= 4 is 23.4 Å². The highest BCUT2D eigenvalue weighted by molar-refractivity contribution is 8.00. The van der Waals surface area contributed by atoms with Gasteiger partial charge in [-0.05, 0) is 44.6 Å². The van der Waals surface area contributed by atoms with E-state index < -0.39 is 0 Å². The zero-order valence-corrected chi connectivity index (χ0v) is 12.7. The molecule has 0 radical (unpaired) electrons. The van der Waals surface area contributed by atoms with Crippen molar-refractivity contribution in [2.24, 2.45) is 0 Å². The fourth-order valence-electron chi connectivity index (χ4n) is 2.40. The Morgan fingerprint density at radius 2 is 2.26 bits per heavy atom. The summed E-state index contributed by atoms with van der Waals surface area (Å²) in [5.74, 6) is 1.22. The Morgan fingerprint density at radius 3 is 2.89 bits per heavy atom. The van der Waals surface area contributed by atoms with Crippen molar-refractivity contribution in [3.8, 4) is 0 Å². The molecule has 0 saturated carbocycles. The number of anilines is 1. The summed E-state index contributed by atoms with van der Waals surface area (Å²) in [5.41, 5.74) is 2.71. The first-order valence-corrected chi connectivity index (χ1v) is 7.73. The molecule has 1 heterocycles. The number of carbonyl (C=O) groups is 1. The normalized spacial score (nSPS) is 22.3. The van der Waals surface area contributed by atoms with E-state index >= 15 is 0 Å². The van der Waals surface area contributed by atoms with Gasteiger partial charge < -0.3 is 10.6 Å². The molecule has 0 aliphatic carbocycles. The second kappa shape index (κ2) is 5.87. The molecule has 19 heavy (non-hydrogen) atoms. The van der Waals surface area contributed by atoms with Gasteiger partial charge in [0.05, 0.1) is 5.56 Å². The maximum absolute atomic E-state index is 12.3. The van der Waals surface area contributed by atoms with Crippen LogP contribution in [0.5, 0.6) is 0 Å². The minimum Gasteiger partial charge on any atom is -0.387 e. The summed E-state index contributed by atoms with van der Waals surface area (Å²) < 4.78 is 0.208.